The van der Waals surface area contributed by atoms with Crippen LogP contribution in [0.2, 0.25) is 0 Å². The van der Waals surface area contributed by atoms with Crippen molar-refractivity contribution in [3.63, 3.8) is 0 Å². The molecular weight excluding hydrogens is 266 g/mol. The molecule has 2 aromatic heterocycles. The van der Waals surface area contributed by atoms with Crippen LogP contribution in [0.15, 0.2) is 10.9 Å². The lowest BCUT2D eigenvalue weighted by atomic mass is 9.97. The van der Waals surface area contributed by atoms with Gasteiger partial charge in [-0.3, -0.25) is 0 Å². The highest BCUT2D eigenvalue weighted by Crippen LogP contribution is 2.32. The molecule has 1 unspecified atom stereocenters. The summed E-state index contributed by atoms with van der Waals surface area (Å²) in [5, 5.41) is 4.09. The zero-order chi connectivity index (χ0) is 14.2. The minimum absolute atomic E-state index is 0.336. The molecule has 0 spiro atoms. The number of nitrogens with zero attached hydrogens (tertiary/aromatic N) is 5. The smallest absolute Gasteiger partial charge is 0.223 e. The van der Waals surface area contributed by atoms with Crippen molar-refractivity contribution >= 4 is 5.82 Å². The Labute approximate surface area is 123 Å². The summed E-state index contributed by atoms with van der Waals surface area (Å²) >= 11 is 0. The summed E-state index contributed by atoms with van der Waals surface area (Å²) in [6.45, 7) is 3.81. The quantitative estimate of drug-likeness (QED) is 0.841. The van der Waals surface area contributed by atoms with Crippen LogP contribution in [-0.4, -0.2) is 33.2 Å². The fourth-order valence-corrected chi connectivity index (χ4v) is 3.48. The molecule has 110 valence electrons. The number of aromatic nitrogens is 4. The number of hydrogen-bond donors (Lipinski definition) is 0. The first-order valence-corrected chi connectivity index (χ1v) is 7.69. The van der Waals surface area contributed by atoms with Gasteiger partial charge < -0.3 is 9.42 Å². The minimum Gasteiger partial charge on any atom is -0.356 e. The van der Waals surface area contributed by atoms with Crippen LogP contribution in [0.3, 0.4) is 0 Å². The topological polar surface area (TPSA) is 67.9 Å². The standard InChI is InChI=1S/C15H19N5O/c1-10-18-14(19-21-10)11-4-3-7-20(8-11)15-12-5-2-6-13(12)16-9-17-15/h9,11H,2-8H2,1H3. The second-order valence-electron chi connectivity index (χ2n) is 5.93. The maximum absolute atomic E-state index is 5.13. The Balaban J connectivity index is 1.60. The van der Waals surface area contributed by atoms with E-state index in [-0.39, 0.29) is 0 Å². The van der Waals surface area contributed by atoms with Crippen LogP contribution in [0.4, 0.5) is 5.82 Å². The Hall–Kier alpha value is -1.98. The van der Waals surface area contributed by atoms with Crippen molar-refractivity contribution in [2.45, 2.75) is 44.9 Å². The van der Waals surface area contributed by atoms with Crippen molar-refractivity contribution in [1.29, 1.82) is 0 Å². The molecule has 3 heterocycles. The van der Waals surface area contributed by atoms with E-state index < -0.39 is 0 Å². The summed E-state index contributed by atoms with van der Waals surface area (Å²) in [5.41, 5.74) is 2.58. The monoisotopic (exact) mass is 285 g/mol. The van der Waals surface area contributed by atoms with Gasteiger partial charge in [0.1, 0.15) is 12.1 Å². The summed E-state index contributed by atoms with van der Waals surface area (Å²) in [6, 6.07) is 0. The van der Waals surface area contributed by atoms with Gasteiger partial charge in [0, 0.05) is 37.2 Å². The first kappa shape index (κ1) is 12.7. The predicted molar refractivity (Wildman–Crippen MR) is 77.3 cm³/mol. The molecule has 1 aliphatic carbocycles. The van der Waals surface area contributed by atoms with Gasteiger partial charge in [-0.05, 0) is 32.1 Å². The fraction of sp³-hybridized carbons (Fsp3) is 0.600. The molecule has 0 bridgehead atoms. The lowest BCUT2D eigenvalue weighted by Gasteiger charge is -2.33. The fourth-order valence-electron chi connectivity index (χ4n) is 3.48. The summed E-state index contributed by atoms with van der Waals surface area (Å²) < 4.78 is 5.13. The largest absolute Gasteiger partial charge is 0.356 e. The second kappa shape index (κ2) is 5.09. The maximum atomic E-state index is 5.13. The molecule has 0 amide bonds. The lowest BCUT2D eigenvalue weighted by molar-refractivity contribution is 0.376. The first-order valence-electron chi connectivity index (χ1n) is 7.69. The predicted octanol–water partition coefficient (Wildman–Crippen LogP) is 2.04. The number of fused-ring (bicyclic) bond motifs is 1. The second-order valence-corrected chi connectivity index (χ2v) is 5.93. The highest BCUT2D eigenvalue weighted by molar-refractivity contribution is 5.51. The number of anilines is 1. The molecule has 6 nitrogen and oxygen atoms in total. The number of aryl methyl sites for hydroxylation is 2. The molecule has 0 radical (unpaired) electrons. The van der Waals surface area contributed by atoms with Crippen molar-refractivity contribution in [1.82, 2.24) is 20.1 Å². The molecule has 1 saturated heterocycles. The Morgan fingerprint density at radius 1 is 1.24 bits per heavy atom. The molecule has 0 N–H and O–H groups in total. The van der Waals surface area contributed by atoms with Gasteiger partial charge in [0.2, 0.25) is 5.89 Å². The van der Waals surface area contributed by atoms with E-state index in [2.05, 4.69) is 25.0 Å². The number of piperidine rings is 1. The highest BCUT2D eigenvalue weighted by Gasteiger charge is 2.28. The molecule has 1 aliphatic heterocycles. The zero-order valence-electron chi connectivity index (χ0n) is 12.2. The Bertz CT molecular complexity index is 653. The van der Waals surface area contributed by atoms with Gasteiger partial charge in [0.05, 0.1) is 0 Å². The number of rotatable bonds is 2. The van der Waals surface area contributed by atoms with Crippen molar-refractivity contribution in [3.8, 4) is 0 Å². The molecule has 1 fully saturated rings. The van der Waals surface area contributed by atoms with Gasteiger partial charge in [-0.1, -0.05) is 5.16 Å². The summed E-state index contributed by atoms with van der Waals surface area (Å²) in [4.78, 5) is 15.8. The van der Waals surface area contributed by atoms with E-state index in [0.717, 1.165) is 50.4 Å². The minimum atomic E-state index is 0.336. The average Bonchev–Trinajstić information content (AvgIpc) is 3.15. The van der Waals surface area contributed by atoms with Crippen molar-refractivity contribution in [2.75, 3.05) is 18.0 Å². The third-order valence-corrected chi connectivity index (χ3v) is 4.48. The molecule has 6 heteroatoms. The van der Waals surface area contributed by atoms with Gasteiger partial charge in [-0.2, -0.15) is 4.98 Å². The van der Waals surface area contributed by atoms with Gasteiger partial charge >= 0.3 is 0 Å². The van der Waals surface area contributed by atoms with Crippen molar-refractivity contribution < 1.29 is 4.52 Å². The van der Waals surface area contributed by atoms with E-state index in [1.165, 1.54) is 17.7 Å². The molecule has 0 aromatic carbocycles. The van der Waals surface area contributed by atoms with Crippen LogP contribution in [0, 0.1) is 6.92 Å². The van der Waals surface area contributed by atoms with Crippen LogP contribution < -0.4 is 4.90 Å². The molecule has 0 saturated carbocycles. The molecule has 4 rings (SSSR count). The SMILES string of the molecule is Cc1nc(C2CCCN(c3ncnc4c3CCC4)C2)no1. The molecule has 2 aliphatic rings. The van der Waals surface area contributed by atoms with Crippen LogP contribution >= 0.6 is 0 Å². The van der Waals surface area contributed by atoms with Crippen LogP contribution in [-0.2, 0) is 12.8 Å². The van der Waals surface area contributed by atoms with E-state index in [1.54, 1.807) is 6.33 Å². The van der Waals surface area contributed by atoms with E-state index in [4.69, 9.17) is 4.52 Å². The first-order chi connectivity index (χ1) is 10.3. The molecular formula is C15H19N5O. The van der Waals surface area contributed by atoms with E-state index >= 15 is 0 Å². The summed E-state index contributed by atoms with van der Waals surface area (Å²) in [6.07, 6.45) is 7.35. The Morgan fingerprint density at radius 2 is 2.19 bits per heavy atom. The van der Waals surface area contributed by atoms with Gasteiger partial charge in [-0.25, -0.2) is 9.97 Å². The zero-order valence-corrected chi connectivity index (χ0v) is 12.2. The average molecular weight is 285 g/mol. The normalized spacial score (nSPS) is 21.6. The van der Waals surface area contributed by atoms with Crippen LogP contribution in [0.1, 0.15) is 48.2 Å². The maximum Gasteiger partial charge on any atom is 0.223 e. The van der Waals surface area contributed by atoms with Crippen molar-refractivity contribution in [2.24, 2.45) is 0 Å². The van der Waals surface area contributed by atoms with Gasteiger partial charge in [0.25, 0.3) is 0 Å². The third kappa shape index (κ3) is 2.28. The molecule has 21 heavy (non-hydrogen) atoms. The number of hydrogen-bond acceptors (Lipinski definition) is 6. The molecule has 1 atom stereocenters. The Kier molecular flexibility index (Phi) is 3.09. The lowest BCUT2D eigenvalue weighted by Crippen LogP contribution is -2.36. The van der Waals surface area contributed by atoms with Crippen LogP contribution in [0.5, 0.6) is 0 Å². The summed E-state index contributed by atoms with van der Waals surface area (Å²) in [7, 11) is 0. The van der Waals surface area contributed by atoms with E-state index in [1.807, 2.05) is 6.92 Å². The van der Waals surface area contributed by atoms with Gasteiger partial charge in [-0.15, -0.1) is 0 Å². The summed E-state index contributed by atoms with van der Waals surface area (Å²) in [5.74, 6) is 2.94. The van der Waals surface area contributed by atoms with Crippen LogP contribution in [0.25, 0.3) is 0 Å². The third-order valence-electron chi connectivity index (χ3n) is 4.48. The molecule has 2 aromatic rings. The van der Waals surface area contributed by atoms with Gasteiger partial charge in [0.15, 0.2) is 5.82 Å². The highest BCUT2D eigenvalue weighted by atomic mass is 16.5. The van der Waals surface area contributed by atoms with Crippen molar-refractivity contribution in [3.05, 3.63) is 29.3 Å². The Morgan fingerprint density at radius 3 is 3.05 bits per heavy atom. The van der Waals surface area contributed by atoms with E-state index in [0.29, 0.717) is 11.8 Å². The van der Waals surface area contributed by atoms with E-state index in [9.17, 15) is 0 Å².